The van der Waals surface area contributed by atoms with E-state index >= 15 is 0 Å². The van der Waals surface area contributed by atoms with Gasteiger partial charge < -0.3 is 4.74 Å². The van der Waals surface area contributed by atoms with Crippen LogP contribution in [0.5, 0.6) is 5.75 Å². The third-order valence-corrected chi connectivity index (χ3v) is 5.21. The standard InChI is InChI=1S/C22H27FO/c1-2-3-17-4-8-19(9-5-17)20-10-14-22(15-11-20)24-16-18-6-12-21(23)13-7-18/h6-7,10-15,17,19H,2-5,8-9,16H2,1H3. The molecule has 0 spiro atoms. The maximum atomic E-state index is 12.9. The lowest BCUT2D eigenvalue weighted by atomic mass is 9.77. The molecule has 0 amide bonds. The summed E-state index contributed by atoms with van der Waals surface area (Å²) in [7, 11) is 0. The van der Waals surface area contributed by atoms with Crippen LogP contribution in [-0.2, 0) is 6.61 Å². The average Bonchev–Trinajstić information content (AvgIpc) is 2.63. The lowest BCUT2D eigenvalue weighted by Gasteiger charge is -2.28. The molecule has 0 radical (unpaired) electrons. The molecule has 1 nitrogen and oxygen atoms in total. The number of halogens is 1. The summed E-state index contributed by atoms with van der Waals surface area (Å²) in [5.74, 6) is 2.33. The predicted molar refractivity (Wildman–Crippen MR) is 96.8 cm³/mol. The van der Waals surface area contributed by atoms with Gasteiger partial charge in [-0.2, -0.15) is 0 Å². The summed E-state index contributed by atoms with van der Waals surface area (Å²) >= 11 is 0. The van der Waals surface area contributed by atoms with Gasteiger partial charge >= 0.3 is 0 Å². The van der Waals surface area contributed by atoms with Gasteiger partial charge in [-0.1, -0.05) is 44.0 Å². The van der Waals surface area contributed by atoms with E-state index in [0.29, 0.717) is 12.5 Å². The molecule has 1 aliphatic carbocycles. The molecule has 0 heterocycles. The molecule has 0 atom stereocenters. The molecule has 0 bridgehead atoms. The van der Waals surface area contributed by atoms with Gasteiger partial charge in [0.15, 0.2) is 0 Å². The molecule has 0 N–H and O–H groups in total. The molecule has 128 valence electrons. The van der Waals surface area contributed by atoms with Gasteiger partial charge in [0.1, 0.15) is 18.2 Å². The van der Waals surface area contributed by atoms with Crippen molar-refractivity contribution in [2.24, 2.45) is 5.92 Å². The van der Waals surface area contributed by atoms with Crippen LogP contribution in [0.4, 0.5) is 4.39 Å². The number of benzene rings is 2. The second kappa shape index (κ2) is 8.32. The number of hydrogen-bond donors (Lipinski definition) is 0. The van der Waals surface area contributed by atoms with Gasteiger partial charge in [-0.05, 0) is 72.9 Å². The van der Waals surface area contributed by atoms with Gasteiger partial charge in [0.25, 0.3) is 0 Å². The van der Waals surface area contributed by atoms with Crippen molar-refractivity contribution in [2.45, 2.75) is 58.0 Å². The second-order valence-electron chi connectivity index (χ2n) is 6.99. The highest BCUT2D eigenvalue weighted by Crippen LogP contribution is 2.37. The Morgan fingerprint density at radius 2 is 1.58 bits per heavy atom. The molecule has 2 aromatic rings. The van der Waals surface area contributed by atoms with E-state index in [-0.39, 0.29) is 5.82 Å². The molecule has 0 saturated heterocycles. The second-order valence-corrected chi connectivity index (χ2v) is 6.99. The minimum absolute atomic E-state index is 0.211. The highest BCUT2D eigenvalue weighted by atomic mass is 19.1. The lowest BCUT2D eigenvalue weighted by molar-refractivity contribution is 0.303. The number of rotatable bonds is 6. The quantitative estimate of drug-likeness (QED) is 0.590. The van der Waals surface area contributed by atoms with Crippen molar-refractivity contribution in [1.29, 1.82) is 0 Å². The summed E-state index contributed by atoms with van der Waals surface area (Å²) in [6.07, 6.45) is 8.10. The molecule has 3 rings (SSSR count). The third-order valence-electron chi connectivity index (χ3n) is 5.21. The molecule has 1 saturated carbocycles. The van der Waals surface area contributed by atoms with E-state index in [1.54, 1.807) is 12.1 Å². The lowest BCUT2D eigenvalue weighted by Crippen LogP contribution is -2.13. The smallest absolute Gasteiger partial charge is 0.123 e. The molecule has 1 aliphatic rings. The minimum Gasteiger partial charge on any atom is -0.489 e. The topological polar surface area (TPSA) is 9.23 Å². The molecule has 1 fully saturated rings. The molecule has 2 heteroatoms. The Morgan fingerprint density at radius 1 is 0.917 bits per heavy atom. The number of hydrogen-bond acceptors (Lipinski definition) is 1. The average molecular weight is 326 g/mol. The van der Waals surface area contributed by atoms with E-state index in [4.69, 9.17) is 4.74 Å². The van der Waals surface area contributed by atoms with Crippen molar-refractivity contribution in [3.05, 3.63) is 65.5 Å². The van der Waals surface area contributed by atoms with Crippen LogP contribution in [-0.4, -0.2) is 0 Å². The summed E-state index contributed by atoms with van der Waals surface area (Å²) in [6, 6.07) is 15.0. The first-order chi connectivity index (χ1) is 11.7. The van der Waals surface area contributed by atoms with Crippen LogP contribution < -0.4 is 4.74 Å². The van der Waals surface area contributed by atoms with Crippen molar-refractivity contribution in [3.63, 3.8) is 0 Å². The Balaban J connectivity index is 1.51. The van der Waals surface area contributed by atoms with Crippen molar-refractivity contribution >= 4 is 0 Å². The Labute approximate surface area is 144 Å². The number of ether oxygens (including phenoxy) is 1. The molecule has 0 unspecified atom stereocenters. The van der Waals surface area contributed by atoms with E-state index in [1.807, 2.05) is 0 Å². The first-order valence-electron chi connectivity index (χ1n) is 9.22. The van der Waals surface area contributed by atoms with E-state index in [1.165, 1.54) is 56.2 Å². The van der Waals surface area contributed by atoms with Crippen LogP contribution in [0.15, 0.2) is 48.5 Å². The Bertz CT molecular complexity index is 609. The highest BCUT2D eigenvalue weighted by molar-refractivity contribution is 5.30. The van der Waals surface area contributed by atoms with Crippen LogP contribution in [0.25, 0.3) is 0 Å². The monoisotopic (exact) mass is 326 g/mol. The maximum Gasteiger partial charge on any atom is 0.123 e. The highest BCUT2D eigenvalue weighted by Gasteiger charge is 2.21. The zero-order valence-electron chi connectivity index (χ0n) is 14.5. The molecule has 0 aromatic heterocycles. The van der Waals surface area contributed by atoms with E-state index in [2.05, 4.69) is 31.2 Å². The fourth-order valence-corrected chi connectivity index (χ4v) is 3.78. The minimum atomic E-state index is -0.211. The van der Waals surface area contributed by atoms with Crippen molar-refractivity contribution in [3.8, 4) is 5.75 Å². The SMILES string of the molecule is CCCC1CCC(c2ccc(OCc3ccc(F)cc3)cc2)CC1. The van der Waals surface area contributed by atoms with Gasteiger partial charge in [-0.3, -0.25) is 0 Å². The van der Waals surface area contributed by atoms with Crippen molar-refractivity contribution < 1.29 is 9.13 Å². The first-order valence-corrected chi connectivity index (χ1v) is 9.22. The Morgan fingerprint density at radius 3 is 2.21 bits per heavy atom. The summed E-state index contributed by atoms with van der Waals surface area (Å²) in [6.45, 7) is 2.76. The fourth-order valence-electron chi connectivity index (χ4n) is 3.78. The van der Waals surface area contributed by atoms with Crippen LogP contribution in [0.3, 0.4) is 0 Å². The van der Waals surface area contributed by atoms with Gasteiger partial charge in [0.05, 0.1) is 0 Å². The molecular weight excluding hydrogens is 299 g/mol. The fraction of sp³-hybridized carbons (Fsp3) is 0.455. The van der Waals surface area contributed by atoms with Gasteiger partial charge in [0, 0.05) is 0 Å². The summed E-state index contributed by atoms with van der Waals surface area (Å²) in [5, 5.41) is 0. The van der Waals surface area contributed by atoms with Gasteiger partial charge in [-0.25, -0.2) is 4.39 Å². The molecule has 0 aliphatic heterocycles. The zero-order valence-corrected chi connectivity index (χ0v) is 14.5. The van der Waals surface area contributed by atoms with Crippen LogP contribution in [0.2, 0.25) is 0 Å². The van der Waals surface area contributed by atoms with Gasteiger partial charge in [-0.15, -0.1) is 0 Å². The van der Waals surface area contributed by atoms with E-state index < -0.39 is 0 Å². The van der Waals surface area contributed by atoms with E-state index in [9.17, 15) is 4.39 Å². The van der Waals surface area contributed by atoms with Crippen molar-refractivity contribution in [1.82, 2.24) is 0 Å². The zero-order chi connectivity index (χ0) is 16.8. The molecule has 24 heavy (non-hydrogen) atoms. The largest absolute Gasteiger partial charge is 0.489 e. The van der Waals surface area contributed by atoms with Crippen LogP contribution in [0, 0.1) is 11.7 Å². The van der Waals surface area contributed by atoms with Crippen LogP contribution >= 0.6 is 0 Å². The predicted octanol–water partition coefficient (Wildman–Crippen LogP) is 6.48. The van der Waals surface area contributed by atoms with E-state index in [0.717, 1.165) is 17.2 Å². The van der Waals surface area contributed by atoms with Gasteiger partial charge in [0.2, 0.25) is 0 Å². The summed E-state index contributed by atoms with van der Waals surface area (Å²) in [5.41, 5.74) is 2.42. The maximum absolute atomic E-state index is 12.9. The van der Waals surface area contributed by atoms with Crippen molar-refractivity contribution in [2.75, 3.05) is 0 Å². The third kappa shape index (κ3) is 4.59. The van der Waals surface area contributed by atoms with Crippen LogP contribution in [0.1, 0.15) is 62.5 Å². The normalized spacial score (nSPS) is 20.8. The summed E-state index contributed by atoms with van der Waals surface area (Å²) < 4.78 is 18.7. The molecule has 2 aromatic carbocycles. The molecular formula is C22H27FO. The first kappa shape index (κ1) is 17.0. The Kier molecular flexibility index (Phi) is 5.90. The summed E-state index contributed by atoms with van der Waals surface area (Å²) in [4.78, 5) is 0. The Hall–Kier alpha value is -1.83.